The molecule has 0 amide bonds. The van der Waals surface area contributed by atoms with Gasteiger partial charge in [0, 0.05) is 37.7 Å². The Kier molecular flexibility index (Phi) is 4.79. The Labute approximate surface area is 154 Å². The van der Waals surface area contributed by atoms with E-state index in [2.05, 4.69) is 5.10 Å². The summed E-state index contributed by atoms with van der Waals surface area (Å²) >= 11 is 0.894. The summed E-state index contributed by atoms with van der Waals surface area (Å²) in [6.07, 6.45) is 4.55. The summed E-state index contributed by atoms with van der Waals surface area (Å²) in [7, 11) is -1.82. The van der Waals surface area contributed by atoms with Gasteiger partial charge in [0.2, 0.25) is 0 Å². The Morgan fingerprint density at radius 1 is 1.31 bits per heavy atom. The maximum Gasteiger partial charge on any atom is 0.305 e. The number of rotatable bonds is 6. The zero-order valence-corrected chi connectivity index (χ0v) is 15.7. The van der Waals surface area contributed by atoms with Crippen LogP contribution < -0.4 is 4.90 Å². The molecule has 3 rings (SSSR count). The summed E-state index contributed by atoms with van der Waals surface area (Å²) in [5.41, 5.74) is 1.54. The van der Waals surface area contributed by atoms with Crippen LogP contribution in [0.5, 0.6) is 0 Å². The number of sulfone groups is 1. The van der Waals surface area contributed by atoms with Crippen LogP contribution >= 0.6 is 11.3 Å². The number of benzene rings is 1. The molecule has 0 radical (unpaired) electrons. The lowest BCUT2D eigenvalue weighted by Gasteiger charge is -2.15. The fourth-order valence-electron chi connectivity index (χ4n) is 2.45. The van der Waals surface area contributed by atoms with E-state index in [1.54, 1.807) is 22.8 Å². The number of hydrogen-bond acceptors (Lipinski definition) is 7. The van der Waals surface area contributed by atoms with Gasteiger partial charge in [0.15, 0.2) is 14.8 Å². The Hall–Kier alpha value is -2.72. The normalized spacial score (nSPS) is 11.5. The van der Waals surface area contributed by atoms with Gasteiger partial charge < -0.3 is 4.90 Å². The van der Waals surface area contributed by atoms with Crippen molar-refractivity contribution in [3.63, 3.8) is 0 Å². The molecule has 0 saturated heterocycles. The van der Waals surface area contributed by atoms with Crippen LogP contribution in [0.2, 0.25) is 0 Å². The fraction of sp³-hybridized carbons (Fsp3) is 0.188. The maximum absolute atomic E-state index is 11.7. The van der Waals surface area contributed by atoms with Crippen molar-refractivity contribution < 1.29 is 13.3 Å². The van der Waals surface area contributed by atoms with E-state index in [1.807, 2.05) is 36.5 Å². The van der Waals surface area contributed by atoms with Crippen molar-refractivity contribution in [2.75, 3.05) is 18.2 Å². The zero-order chi connectivity index (χ0) is 18.9. The largest absolute Gasteiger partial charge is 0.356 e. The fourth-order valence-corrected chi connectivity index (χ4v) is 4.43. The van der Waals surface area contributed by atoms with Crippen LogP contribution in [0.4, 0.5) is 10.7 Å². The minimum Gasteiger partial charge on any atom is -0.356 e. The summed E-state index contributed by atoms with van der Waals surface area (Å²) < 4.78 is 25.1. The molecule has 0 aliphatic rings. The summed E-state index contributed by atoms with van der Waals surface area (Å²) in [6, 6.07) is 10.7. The molecular formula is C16H16N4O4S2. The summed E-state index contributed by atoms with van der Waals surface area (Å²) in [6.45, 7) is 0.359. The van der Waals surface area contributed by atoms with E-state index in [-0.39, 0.29) is 9.90 Å². The van der Waals surface area contributed by atoms with Gasteiger partial charge >= 0.3 is 5.69 Å². The number of anilines is 1. The van der Waals surface area contributed by atoms with Gasteiger partial charge in [0.25, 0.3) is 0 Å². The molecule has 0 saturated carbocycles. The predicted octanol–water partition coefficient (Wildman–Crippen LogP) is 2.88. The Morgan fingerprint density at radius 2 is 2.00 bits per heavy atom. The van der Waals surface area contributed by atoms with E-state index < -0.39 is 14.8 Å². The van der Waals surface area contributed by atoms with Crippen LogP contribution in [0.15, 0.2) is 53.0 Å². The van der Waals surface area contributed by atoms with Gasteiger partial charge in [-0.05, 0) is 12.1 Å². The molecular weight excluding hydrogens is 376 g/mol. The minimum absolute atomic E-state index is 0.0222. The third-order valence-electron chi connectivity index (χ3n) is 3.66. The molecule has 26 heavy (non-hydrogen) atoms. The van der Waals surface area contributed by atoms with E-state index >= 15 is 0 Å². The molecule has 3 aromatic rings. The third kappa shape index (κ3) is 3.75. The van der Waals surface area contributed by atoms with Gasteiger partial charge in [-0.2, -0.15) is 5.10 Å². The molecule has 0 N–H and O–H groups in total. The number of nitro groups is 1. The van der Waals surface area contributed by atoms with Crippen molar-refractivity contribution >= 4 is 31.9 Å². The second-order valence-corrected chi connectivity index (χ2v) is 9.04. The molecule has 2 heterocycles. The van der Waals surface area contributed by atoms with Crippen molar-refractivity contribution in [3.8, 4) is 5.69 Å². The third-order valence-corrected chi connectivity index (χ3v) is 6.70. The van der Waals surface area contributed by atoms with E-state index in [0.29, 0.717) is 11.5 Å². The zero-order valence-electron chi connectivity index (χ0n) is 14.1. The first kappa shape index (κ1) is 18.1. The lowest BCUT2D eigenvalue weighted by molar-refractivity contribution is -0.383. The second kappa shape index (κ2) is 6.89. The Balaban J connectivity index is 1.87. The van der Waals surface area contributed by atoms with Gasteiger partial charge in [0.05, 0.1) is 16.8 Å². The van der Waals surface area contributed by atoms with Crippen molar-refractivity contribution in [1.82, 2.24) is 9.78 Å². The molecule has 10 heteroatoms. The molecule has 0 spiro atoms. The molecule has 0 aliphatic carbocycles. The van der Waals surface area contributed by atoms with Gasteiger partial charge in [-0.15, -0.1) is 0 Å². The standard InChI is InChI=1S/C16H16N4O4S2/c1-18(16-14(20(21)22)8-15(25-16)26(2,23)24)10-12-9-17-19(11-12)13-6-4-3-5-7-13/h3-9,11H,10H2,1-2H3. The average molecular weight is 392 g/mol. The molecule has 0 unspecified atom stereocenters. The first-order valence-corrected chi connectivity index (χ1v) is 10.2. The van der Waals surface area contributed by atoms with Crippen molar-refractivity contribution in [2.24, 2.45) is 0 Å². The highest BCUT2D eigenvalue weighted by Crippen LogP contribution is 2.39. The molecule has 136 valence electrons. The molecule has 2 aromatic heterocycles. The monoisotopic (exact) mass is 392 g/mol. The van der Waals surface area contributed by atoms with Crippen LogP contribution in [-0.4, -0.2) is 36.4 Å². The van der Waals surface area contributed by atoms with Crippen LogP contribution in [0.25, 0.3) is 5.69 Å². The Morgan fingerprint density at radius 3 is 2.62 bits per heavy atom. The lowest BCUT2D eigenvalue weighted by Crippen LogP contribution is -2.15. The smallest absolute Gasteiger partial charge is 0.305 e. The summed E-state index contributed by atoms with van der Waals surface area (Å²) in [5, 5.41) is 15.9. The Bertz CT molecular complexity index is 1040. The van der Waals surface area contributed by atoms with E-state index in [9.17, 15) is 18.5 Å². The molecule has 0 fully saturated rings. The minimum atomic E-state index is -3.51. The molecule has 0 aliphatic heterocycles. The SMILES string of the molecule is CN(Cc1cnn(-c2ccccc2)c1)c1sc(S(C)(=O)=O)cc1[N+](=O)[O-]. The first-order chi connectivity index (χ1) is 12.3. The number of aromatic nitrogens is 2. The highest BCUT2D eigenvalue weighted by atomic mass is 32.2. The van der Waals surface area contributed by atoms with Crippen LogP contribution in [0, 0.1) is 10.1 Å². The predicted molar refractivity (Wildman–Crippen MR) is 99.8 cm³/mol. The maximum atomic E-state index is 11.7. The second-order valence-electron chi connectivity index (χ2n) is 5.77. The first-order valence-electron chi connectivity index (χ1n) is 7.54. The number of thiophene rings is 1. The van der Waals surface area contributed by atoms with E-state index in [1.165, 1.54) is 0 Å². The molecule has 0 bridgehead atoms. The summed E-state index contributed by atoms with van der Waals surface area (Å²) in [4.78, 5) is 12.4. The van der Waals surface area contributed by atoms with Crippen molar-refractivity contribution in [1.29, 1.82) is 0 Å². The highest BCUT2D eigenvalue weighted by Gasteiger charge is 2.26. The van der Waals surface area contributed by atoms with Crippen LogP contribution in [0.3, 0.4) is 0 Å². The van der Waals surface area contributed by atoms with Crippen molar-refractivity contribution in [2.45, 2.75) is 10.8 Å². The molecule has 8 nitrogen and oxygen atoms in total. The number of para-hydroxylation sites is 1. The highest BCUT2D eigenvalue weighted by molar-refractivity contribution is 7.92. The van der Waals surface area contributed by atoms with E-state index in [0.717, 1.165) is 34.9 Å². The van der Waals surface area contributed by atoms with Gasteiger partial charge in [0.1, 0.15) is 4.21 Å². The van der Waals surface area contributed by atoms with E-state index in [4.69, 9.17) is 0 Å². The lowest BCUT2D eigenvalue weighted by atomic mass is 10.3. The molecule has 1 aromatic carbocycles. The van der Waals surface area contributed by atoms with Gasteiger partial charge in [-0.25, -0.2) is 13.1 Å². The van der Waals surface area contributed by atoms with Crippen molar-refractivity contribution in [3.05, 3.63) is 64.5 Å². The summed E-state index contributed by atoms with van der Waals surface area (Å²) in [5.74, 6) is 0. The van der Waals surface area contributed by atoms with Gasteiger partial charge in [-0.3, -0.25) is 10.1 Å². The average Bonchev–Trinajstić information content (AvgIpc) is 3.22. The van der Waals surface area contributed by atoms with Gasteiger partial charge in [-0.1, -0.05) is 29.5 Å². The van der Waals surface area contributed by atoms with Crippen LogP contribution in [0.1, 0.15) is 5.56 Å². The van der Waals surface area contributed by atoms with Crippen LogP contribution in [-0.2, 0) is 16.4 Å². The number of nitrogens with zero attached hydrogens (tertiary/aromatic N) is 4. The molecule has 0 atom stereocenters. The quantitative estimate of drug-likeness (QED) is 0.472. The number of hydrogen-bond donors (Lipinski definition) is 0. The topological polar surface area (TPSA) is 98.3 Å².